The molecule has 0 saturated carbocycles. The number of imidazole rings is 1. The molecule has 0 fully saturated rings. The predicted molar refractivity (Wildman–Crippen MR) is 132 cm³/mol. The van der Waals surface area contributed by atoms with Crippen LogP contribution in [0.1, 0.15) is 5.82 Å². The number of aromatic amines is 1. The molecule has 0 aliphatic rings. The van der Waals surface area contributed by atoms with Gasteiger partial charge in [0.25, 0.3) is 5.56 Å². The van der Waals surface area contributed by atoms with E-state index >= 15 is 0 Å². The van der Waals surface area contributed by atoms with Crippen molar-refractivity contribution in [1.29, 1.82) is 0 Å². The number of tetrazole rings is 1. The van der Waals surface area contributed by atoms with Crippen molar-refractivity contribution in [1.82, 2.24) is 39.7 Å². The molecule has 38 heavy (non-hydrogen) atoms. The molecule has 0 saturated heterocycles. The molecule has 0 atom stereocenters. The Morgan fingerprint density at radius 3 is 2.74 bits per heavy atom. The molecule has 4 heterocycles. The van der Waals surface area contributed by atoms with Gasteiger partial charge in [-0.3, -0.25) is 4.79 Å². The second-order valence-electron chi connectivity index (χ2n) is 7.79. The highest BCUT2D eigenvalue weighted by molar-refractivity contribution is 6.31. The van der Waals surface area contributed by atoms with Gasteiger partial charge in [-0.15, -0.1) is 5.10 Å². The quantitative estimate of drug-likeness (QED) is 0.296. The minimum Gasteiger partial charge on any atom is -0.495 e. The van der Waals surface area contributed by atoms with Crippen LogP contribution in [-0.2, 0) is 6.54 Å². The van der Waals surface area contributed by atoms with Crippen molar-refractivity contribution in [2.24, 2.45) is 5.73 Å². The lowest BCUT2D eigenvalue weighted by atomic mass is 10.0. The number of methoxy groups -OCH3 is 1. The van der Waals surface area contributed by atoms with Crippen molar-refractivity contribution in [2.45, 2.75) is 6.54 Å². The Balaban J connectivity index is 1.46. The summed E-state index contributed by atoms with van der Waals surface area (Å²) in [5.74, 6) is -0.429. The Labute approximate surface area is 217 Å². The normalized spacial score (nSPS) is 10.9. The van der Waals surface area contributed by atoms with Crippen LogP contribution in [0.25, 0.3) is 28.1 Å². The van der Waals surface area contributed by atoms with E-state index in [1.807, 2.05) is 0 Å². The fraction of sp³-hybridized carbons (Fsp3) is 0.0870. The molecule has 13 nitrogen and oxygen atoms in total. The third kappa shape index (κ3) is 4.92. The number of aromatic nitrogens is 8. The molecule has 0 unspecified atom stereocenters. The molecule has 4 aromatic heterocycles. The maximum Gasteiger partial charge on any atom is 0.411 e. The van der Waals surface area contributed by atoms with Crippen LogP contribution in [0.2, 0.25) is 5.02 Å². The zero-order valence-electron chi connectivity index (χ0n) is 19.5. The van der Waals surface area contributed by atoms with Gasteiger partial charge in [-0.2, -0.15) is 14.1 Å². The highest BCUT2D eigenvalue weighted by Crippen LogP contribution is 2.34. The third-order valence-corrected chi connectivity index (χ3v) is 5.66. The Morgan fingerprint density at radius 1 is 1.18 bits per heavy atom. The zero-order chi connectivity index (χ0) is 26.8. The van der Waals surface area contributed by atoms with E-state index in [9.17, 15) is 14.0 Å². The highest BCUT2D eigenvalue weighted by Gasteiger charge is 2.17. The first kappa shape index (κ1) is 24.6. The summed E-state index contributed by atoms with van der Waals surface area (Å²) < 4.78 is 27.4. The summed E-state index contributed by atoms with van der Waals surface area (Å²) in [6, 6.07) is 9.14. The molecular formula is C23H17ClFN9O4. The summed E-state index contributed by atoms with van der Waals surface area (Å²) in [4.78, 5) is 34.7. The number of nitrogens with one attached hydrogen (secondary N) is 1. The summed E-state index contributed by atoms with van der Waals surface area (Å²) in [7, 11) is 1.47. The van der Waals surface area contributed by atoms with Gasteiger partial charge in [-0.25, -0.2) is 9.78 Å². The standard InChI is InChI=1S/C23H17ClFN9O4/c1-37-18-9-33(10-19-27-8-16(29-19)13-3-5-20(30-22(13)25)38-23(26)36)21(35)7-15(18)14-6-12(24)2-4-17(14)34-11-28-31-32-34/h2-9,11H,10H2,1H3,(H2,26,36)(H,27,29). The first-order chi connectivity index (χ1) is 18.3. The van der Waals surface area contributed by atoms with E-state index in [-0.39, 0.29) is 23.5 Å². The van der Waals surface area contributed by atoms with Crippen LogP contribution in [0.3, 0.4) is 0 Å². The molecule has 5 rings (SSSR count). The van der Waals surface area contributed by atoms with E-state index in [1.54, 1.807) is 18.2 Å². The number of pyridine rings is 2. The lowest BCUT2D eigenvalue weighted by Gasteiger charge is -2.15. The summed E-state index contributed by atoms with van der Waals surface area (Å²) in [5.41, 5.74) is 6.60. The second-order valence-corrected chi connectivity index (χ2v) is 8.23. The topological polar surface area (TPSA) is 169 Å². The summed E-state index contributed by atoms with van der Waals surface area (Å²) in [6.07, 6.45) is 3.24. The number of amides is 1. The summed E-state index contributed by atoms with van der Waals surface area (Å²) in [6.45, 7) is 0.0305. The molecule has 192 valence electrons. The van der Waals surface area contributed by atoms with Gasteiger partial charge < -0.3 is 24.8 Å². The average Bonchev–Trinajstić information content (AvgIpc) is 3.57. The van der Waals surface area contributed by atoms with Gasteiger partial charge in [0, 0.05) is 28.3 Å². The number of benzene rings is 1. The van der Waals surface area contributed by atoms with Crippen molar-refractivity contribution in [3.8, 4) is 39.7 Å². The molecule has 3 N–H and O–H groups in total. The number of nitrogens with two attached hydrogens (primary N) is 1. The zero-order valence-corrected chi connectivity index (χ0v) is 20.3. The maximum atomic E-state index is 14.5. The number of carbonyl (C=O) groups is 1. The number of primary amides is 1. The van der Waals surface area contributed by atoms with Gasteiger partial charge in [0.15, 0.2) is 0 Å². The van der Waals surface area contributed by atoms with Crippen molar-refractivity contribution in [3.63, 3.8) is 0 Å². The Bertz CT molecular complexity index is 1700. The van der Waals surface area contributed by atoms with Gasteiger partial charge in [-0.05, 0) is 34.7 Å². The molecule has 0 bridgehead atoms. The second kappa shape index (κ2) is 10.1. The van der Waals surface area contributed by atoms with Crippen molar-refractivity contribution in [3.05, 3.63) is 82.3 Å². The number of hydrogen-bond donors (Lipinski definition) is 2. The Hall–Kier alpha value is -5.11. The molecule has 0 aliphatic carbocycles. The van der Waals surface area contributed by atoms with Crippen LogP contribution in [-0.4, -0.2) is 52.9 Å². The van der Waals surface area contributed by atoms with E-state index in [1.165, 1.54) is 53.3 Å². The van der Waals surface area contributed by atoms with Gasteiger partial charge in [-0.1, -0.05) is 11.6 Å². The number of halogens is 2. The number of rotatable bonds is 7. The average molecular weight is 538 g/mol. The number of nitrogens with zero attached hydrogens (tertiary/aromatic N) is 7. The molecule has 15 heteroatoms. The van der Waals surface area contributed by atoms with E-state index < -0.39 is 12.0 Å². The fourth-order valence-corrected chi connectivity index (χ4v) is 3.94. The van der Waals surface area contributed by atoms with Crippen molar-refractivity contribution >= 4 is 17.7 Å². The SMILES string of the molecule is COc1cn(Cc2ncc(-c3ccc(OC(N)=O)nc3F)[nH]2)c(=O)cc1-c1cc(Cl)ccc1-n1cnnn1. The molecular weight excluding hydrogens is 521 g/mol. The predicted octanol–water partition coefficient (Wildman–Crippen LogP) is 2.58. The minimum atomic E-state index is -1.11. The van der Waals surface area contributed by atoms with Crippen LogP contribution in [0.15, 0.2) is 59.9 Å². The fourth-order valence-electron chi connectivity index (χ4n) is 3.76. The van der Waals surface area contributed by atoms with Crippen LogP contribution in [0, 0.1) is 5.95 Å². The molecule has 5 aromatic rings. The van der Waals surface area contributed by atoms with Crippen LogP contribution in [0.4, 0.5) is 9.18 Å². The molecule has 1 amide bonds. The van der Waals surface area contributed by atoms with Gasteiger partial charge in [0.1, 0.15) is 17.9 Å². The molecule has 0 radical (unpaired) electrons. The number of hydrogen-bond acceptors (Lipinski definition) is 9. The van der Waals surface area contributed by atoms with E-state index in [0.717, 1.165) is 0 Å². The number of ether oxygens (including phenoxy) is 2. The van der Waals surface area contributed by atoms with E-state index in [2.05, 4.69) is 35.2 Å². The van der Waals surface area contributed by atoms with Crippen LogP contribution in [0.5, 0.6) is 11.6 Å². The minimum absolute atomic E-state index is 0.0305. The maximum absolute atomic E-state index is 14.5. The van der Waals surface area contributed by atoms with Crippen LogP contribution >= 0.6 is 11.6 Å². The smallest absolute Gasteiger partial charge is 0.411 e. The Kier molecular flexibility index (Phi) is 6.53. The van der Waals surface area contributed by atoms with Gasteiger partial charge >= 0.3 is 6.09 Å². The first-order valence-corrected chi connectivity index (χ1v) is 11.2. The lowest BCUT2D eigenvalue weighted by Crippen LogP contribution is -2.20. The Morgan fingerprint density at radius 2 is 2.03 bits per heavy atom. The number of H-pyrrole nitrogens is 1. The van der Waals surface area contributed by atoms with Gasteiger partial charge in [0.2, 0.25) is 11.8 Å². The number of carbonyl (C=O) groups excluding carboxylic acids is 1. The molecule has 0 aliphatic heterocycles. The summed E-state index contributed by atoms with van der Waals surface area (Å²) >= 11 is 6.24. The summed E-state index contributed by atoms with van der Waals surface area (Å²) in [5, 5.41) is 11.7. The lowest BCUT2D eigenvalue weighted by molar-refractivity contribution is 0.208. The monoisotopic (exact) mass is 537 g/mol. The largest absolute Gasteiger partial charge is 0.495 e. The van der Waals surface area contributed by atoms with Crippen molar-refractivity contribution in [2.75, 3.05) is 7.11 Å². The van der Waals surface area contributed by atoms with E-state index in [0.29, 0.717) is 39.1 Å². The molecule has 0 spiro atoms. The van der Waals surface area contributed by atoms with E-state index in [4.69, 9.17) is 22.1 Å². The van der Waals surface area contributed by atoms with Gasteiger partial charge in [0.05, 0.1) is 43.0 Å². The first-order valence-electron chi connectivity index (χ1n) is 10.8. The molecule has 1 aromatic carbocycles. The van der Waals surface area contributed by atoms with Crippen molar-refractivity contribution < 1.29 is 18.7 Å². The van der Waals surface area contributed by atoms with Crippen LogP contribution < -0.4 is 20.8 Å². The third-order valence-electron chi connectivity index (χ3n) is 5.42. The highest BCUT2D eigenvalue weighted by atomic mass is 35.5.